The monoisotopic (exact) mass is 296 g/mol. The summed E-state index contributed by atoms with van der Waals surface area (Å²) in [5.41, 5.74) is 6.29. The summed E-state index contributed by atoms with van der Waals surface area (Å²) in [5.74, 6) is -0.397. The Kier molecular flexibility index (Phi) is 5.72. The molecule has 0 fully saturated rings. The Morgan fingerprint density at radius 3 is 2.41 bits per heavy atom. The normalized spacial score (nSPS) is 11.1. The molecule has 0 bridgehead atoms. The van der Waals surface area contributed by atoms with E-state index < -0.39 is 5.97 Å². The van der Waals surface area contributed by atoms with Gasteiger partial charge in [-0.05, 0) is 31.5 Å². The average Bonchev–Trinajstić information content (AvgIpc) is 2.54. The fourth-order valence-corrected chi connectivity index (χ4v) is 1.92. The lowest BCUT2D eigenvalue weighted by Gasteiger charge is -2.07. The van der Waals surface area contributed by atoms with Crippen LogP contribution in [0, 0.1) is 6.92 Å². The van der Waals surface area contributed by atoms with E-state index in [1.54, 1.807) is 6.92 Å². The van der Waals surface area contributed by atoms with E-state index in [4.69, 9.17) is 4.74 Å². The molecule has 2 rings (SSSR count). The van der Waals surface area contributed by atoms with Crippen molar-refractivity contribution in [2.24, 2.45) is 5.10 Å². The van der Waals surface area contributed by atoms with E-state index >= 15 is 0 Å². The maximum atomic E-state index is 12.0. The zero-order chi connectivity index (χ0) is 15.8. The van der Waals surface area contributed by atoms with Gasteiger partial charge < -0.3 is 4.74 Å². The standard InChI is InChI=1S/C18H20N2O2/c1-3-22-18(21)17(13-15-7-5-4-6-8-15)20-19-16-11-9-14(2)10-12-16/h4-12,19H,3,13H2,1-2H3. The number of carbonyl (C=O) groups is 1. The van der Waals surface area contributed by atoms with E-state index in [0.29, 0.717) is 18.7 Å². The van der Waals surface area contributed by atoms with E-state index in [9.17, 15) is 4.79 Å². The number of benzene rings is 2. The molecule has 0 saturated carbocycles. The van der Waals surface area contributed by atoms with Crippen LogP contribution in [-0.4, -0.2) is 18.3 Å². The zero-order valence-corrected chi connectivity index (χ0v) is 12.9. The molecule has 0 spiro atoms. The minimum Gasteiger partial charge on any atom is -0.461 e. The highest BCUT2D eigenvalue weighted by Gasteiger charge is 2.13. The zero-order valence-electron chi connectivity index (χ0n) is 12.9. The summed E-state index contributed by atoms with van der Waals surface area (Å²) < 4.78 is 5.07. The minimum atomic E-state index is -0.397. The van der Waals surface area contributed by atoms with Gasteiger partial charge in [-0.2, -0.15) is 5.10 Å². The number of rotatable bonds is 6. The summed E-state index contributed by atoms with van der Waals surface area (Å²) in [4.78, 5) is 12.0. The molecule has 0 saturated heterocycles. The second-order valence-corrected chi connectivity index (χ2v) is 4.92. The molecule has 0 aromatic heterocycles. The molecule has 2 aromatic rings. The molecule has 0 atom stereocenters. The van der Waals surface area contributed by atoms with Crippen LogP contribution in [0.3, 0.4) is 0 Å². The number of ether oxygens (including phenoxy) is 1. The molecule has 0 amide bonds. The number of esters is 1. The largest absolute Gasteiger partial charge is 0.461 e. The summed E-state index contributed by atoms with van der Waals surface area (Å²) in [6, 6.07) is 17.5. The van der Waals surface area contributed by atoms with Crippen LogP contribution in [0.25, 0.3) is 0 Å². The smallest absolute Gasteiger partial charge is 0.354 e. The number of nitrogens with zero attached hydrogens (tertiary/aromatic N) is 1. The molecular weight excluding hydrogens is 276 g/mol. The predicted molar refractivity (Wildman–Crippen MR) is 89.0 cm³/mol. The summed E-state index contributed by atoms with van der Waals surface area (Å²) in [6.07, 6.45) is 0.429. The summed E-state index contributed by atoms with van der Waals surface area (Å²) in [5, 5.41) is 4.23. The number of aryl methyl sites for hydroxylation is 1. The maximum Gasteiger partial charge on any atom is 0.354 e. The van der Waals surface area contributed by atoms with Gasteiger partial charge in [0.15, 0.2) is 0 Å². The Labute approximate surface area is 130 Å². The lowest BCUT2D eigenvalue weighted by molar-refractivity contribution is -0.135. The first-order valence-corrected chi connectivity index (χ1v) is 7.29. The van der Waals surface area contributed by atoms with Crippen LogP contribution in [0.1, 0.15) is 18.1 Å². The van der Waals surface area contributed by atoms with Crippen molar-refractivity contribution in [2.45, 2.75) is 20.3 Å². The van der Waals surface area contributed by atoms with E-state index in [2.05, 4.69) is 10.5 Å². The van der Waals surface area contributed by atoms with Crippen LogP contribution in [0.2, 0.25) is 0 Å². The highest BCUT2D eigenvalue weighted by atomic mass is 16.5. The van der Waals surface area contributed by atoms with Crippen molar-refractivity contribution in [1.82, 2.24) is 0 Å². The van der Waals surface area contributed by atoms with Crippen LogP contribution < -0.4 is 5.43 Å². The molecule has 0 unspecified atom stereocenters. The third-order valence-corrected chi connectivity index (χ3v) is 3.10. The van der Waals surface area contributed by atoms with Gasteiger partial charge in [0.25, 0.3) is 0 Å². The van der Waals surface area contributed by atoms with Crippen LogP contribution in [-0.2, 0) is 16.0 Å². The van der Waals surface area contributed by atoms with Crippen LogP contribution in [0.4, 0.5) is 5.69 Å². The fraction of sp³-hybridized carbons (Fsp3) is 0.222. The molecule has 0 heterocycles. The van der Waals surface area contributed by atoms with Crippen LogP contribution in [0.5, 0.6) is 0 Å². The van der Waals surface area contributed by atoms with Crippen molar-refractivity contribution in [3.8, 4) is 0 Å². The molecule has 1 N–H and O–H groups in total. The molecule has 0 aliphatic carbocycles. The van der Waals surface area contributed by atoms with Gasteiger partial charge in [-0.1, -0.05) is 48.0 Å². The molecule has 0 radical (unpaired) electrons. The van der Waals surface area contributed by atoms with Gasteiger partial charge in [-0.15, -0.1) is 0 Å². The number of carbonyl (C=O) groups excluding carboxylic acids is 1. The first-order chi connectivity index (χ1) is 10.7. The quantitative estimate of drug-likeness (QED) is 0.503. The molecule has 22 heavy (non-hydrogen) atoms. The highest BCUT2D eigenvalue weighted by Crippen LogP contribution is 2.09. The Hall–Kier alpha value is -2.62. The first kappa shape index (κ1) is 15.8. The second-order valence-electron chi connectivity index (χ2n) is 4.92. The van der Waals surface area contributed by atoms with E-state index in [0.717, 1.165) is 11.3 Å². The lowest BCUT2D eigenvalue weighted by atomic mass is 10.1. The average molecular weight is 296 g/mol. The predicted octanol–water partition coefficient (Wildman–Crippen LogP) is 3.57. The number of hydrogen-bond acceptors (Lipinski definition) is 4. The lowest BCUT2D eigenvalue weighted by Crippen LogP contribution is -2.21. The highest BCUT2D eigenvalue weighted by molar-refractivity contribution is 6.37. The SMILES string of the molecule is CCOC(=O)C(Cc1ccccc1)=NNc1ccc(C)cc1. The number of anilines is 1. The molecule has 114 valence electrons. The van der Waals surface area contributed by atoms with Crippen molar-refractivity contribution >= 4 is 17.4 Å². The maximum absolute atomic E-state index is 12.0. The molecule has 4 heteroatoms. The molecule has 0 aliphatic heterocycles. The number of nitrogens with one attached hydrogen (secondary N) is 1. The Morgan fingerprint density at radius 2 is 1.77 bits per heavy atom. The van der Waals surface area contributed by atoms with Crippen molar-refractivity contribution in [2.75, 3.05) is 12.0 Å². The van der Waals surface area contributed by atoms with Gasteiger partial charge in [-0.25, -0.2) is 4.79 Å². The summed E-state index contributed by atoms with van der Waals surface area (Å²) in [7, 11) is 0. The third-order valence-electron chi connectivity index (χ3n) is 3.10. The first-order valence-electron chi connectivity index (χ1n) is 7.29. The van der Waals surface area contributed by atoms with Crippen molar-refractivity contribution in [1.29, 1.82) is 0 Å². The van der Waals surface area contributed by atoms with Crippen molar-refractivity contribution in [3.05, 3.63) is 65.7 Å². The van der Waals surface area contributed by atoms with Gasteiger partial charge in [-0.3, -0.25) is 5.43 Å². The van der Waals surface area contributed by atoms with Gasteiger partial charge in [0.1, 0.15) is 5.71 Å². The Balaban J connectivity index is 2.14. The van der Waals surface area contributed by atoms with Crippen molar-refractivity contribution < 1.29 is 9.53 Å². The summed E-state index contributed by atoms with van der Waals surface area (Å²) >= 11 is 0. The van der Waals surface area contributed by atoms with Crippen molar-refractivity contribution in [3.63, 3.8) is 0 Å². The van der Waals surface area contributed by atoms with Gasteiger partial charge in [0.05, 0.1) is 12.3 Å². The van der Waals surface area contributed by atoms with Gasteiger partial charge >= 0.3 is 5.97 Å². The molecule has 4 nitrogen and oxygen atoms in total. The molecule has 2 aromatic carbocycles. The molecular formula is C18H20N2O2. The fourth-order valence-electron chi connectivity index (χ4n) is 1.92. The van der Waals surface area contributed by atoms with Gasteiger partial charge in [0, 0.05) is 6.42 Å². The van der Waals surface area contributed by atoms with Crippen LogP contribution in [0.15, 0.2) is 59.7 Å². The summed E-state index contributed by atoms with van der Waals surface area (Å²) in [6.45, 7) is 4.13. The number of hydrogen-bond donors (Lipinski definition) is 1. The van der Waals surface area contributed by atoms with Crippen LogP contribution >= 0.6 is 0 Å². The minimum absolute atomic E-state index is 0.331. The van der Waals surface area contributed by atoms with E-state index in [1.807, 2.05) is 61.5 Å². The van der Waals surface area contributed by atoms with Gasteiger partial charge in [0.2, 0.25) is 0 Å². The number of hydrazone groups is 1. The second kappa shape index (κ2) is 7.98. The van der Waals surface area contributed by atoms with E-state index in [-0.39, 0.29) is 0 Å². The Bertz CT molecular complexity index is 634. The van der Waals surface area contributed by atoms with E-state index in [1.165, 1.54) is 5.56 Å². The topological polar surface area (TPSA) is 50.7 Å². The molecule has 0 aliphatic rings. The Morgan fingerprint density at radius 1 is 1.09 bits per heavy atom. The third kappa shape index (κ3) is 4.74.